The van der Waals surface area contributed by atoms with Crippen molar-refractivity contribution in [2.45, 2.75) is 13.2 Å². The van der Waals surface area contributed by atoms with Crippen LogP contribution < -0.4 is 9.47 Å². The van der Waals surface area contributed by atoms with E-state index in [0.29, 0.717) is 25.0 Å². The fourth-order valence-corrected chi connectivity index (χ4v) is 2.30. The third-order valence-corrected chi connectivity index (χ3v) is 3.82. The van der Waals surface area contributed by atoms with Gasteiger partial charge in [0.1, 0.15) is 19.5 Å². The Morgan fingerprint density at radius 2 is 1.12 bits per heavy atom. The van der Waals surface area contributed by atoms with Gasteiger partial charge in [-0.2, -0.15) is 0 Å². The lowest BCUT2D eigenvalue weighted by atomic mass is 10.1. The SMILES string of the molecule is C=Cc1ccc(COc2cc(OCc3ccc(C=C)cc3)ncn2)cc1. The Labute approximate surface area is 153 Å². The smallest absolute Gasteiger partial charge is 0.220 e. The van der Waals surface area contributed by atoms with E-state index in [4.69, 9.17) is 9.47 Å². The Morgan fingerprint density at radius 3 is 1.50 bits per heavy atom. The van der Waals surface area contributed by atoms with Crippen LogP contribution in [0.25, 0.3) is 12.2 Å². The second kappa shape index (κ2) is 8.62. The number of hydrogen-bond donors (Lipinski definition) is 0. The molecule has 1 heterocycles. The van der Waals surface area contributed by atoms with E-state index in [1.54, 1.807) is 6.07 Å². The molecule has 0 unspecified atom stereocenters. The summed E-state index contributed by atoms with van der Waals surface area (Å²) < 4.78 is 11.4. The molecule has 26 heavy (non-hydrogen) atoms. The van der Waals surface area contributed by atoms with E-state index in [1.807, 2.05) is 60.7 Å². The summed E-state index contributed by atoms with van der Waals surface area (Å²) in [7, 11) is 0. The monoisotopic (exact) mass is 344 g/mol. The molecule has 3 aromatic rings. The van der Waals surface area contributed by atoms with E-state index in [2.05, 4.69) is 23.1 Å². The highest BCUT2D eigenvalue weighted by molar-refractivity contribution is 5.47. The molecule has 1 aromatic heterocycles. The van der Waals surface area contributed by atoms with Gasteiger partial charge in [-0.3, -0.25) is 0 Å². The molecule has 4 nitrogen and oxygen atoms in total. The zero-order chi connectivity index (χ0) is 18.2. The fraction of sp³-hybridized carbons (Fsp3) is 0.0909. The average Bonchev–Trinajstić information content (AvgIpc) is 2.72. The van der Waals surface area contributed by atoms with Gasteiger partial charge in [0, 0.05) is 0 Å². The second-order valence-corrected chi connectivity index (χ2v) is 5.66. The van der Waals surface area contributed by atoms with Crippen molar-refractivity contribution in [2.75, 3.05) is 0 Å². The third-order valence-electron chi connectivity index (χ3n) is 3.82. The van der Waals surface area contributed by atoms with Crippen LogP contribution in [0.15, 0.2) is 74.1 Å². The molecule has 0 aliphatic carbocycles. The molecular formula is C22H20N2O2. The number of aromatic nitrogens is 2. The Hall–Kier alpha value is -3.40. The lowest BCUT2D eigenvalue weighted by Gasteiger charge is -2.08. The topological polar surface area (TPSA) is 44.2 Å². The molecule has 2 aromatic carbocycles. The molecule has 130 valence electrons. The summed E-state index contributed by atoms with van der Waals surface area (Å²) in [5, 5.41) is 0. The van der Waals surface area contributed by atoms with Crippen LogP contribution >= 0.6 is 0 Å². The van der Waals surface area contributed by atoms with Gasteiger partial charge in [0.2, 0.25) is 11.8 Å². The van der Waals surface area contributed by atoms with Crippen LogP contribution in [0, 0.1) is 0 Å². The van der Waals surface area contributed by atoms with Crippen LogP contribution in [0.4, 0.5) is 0 Å². The van der Waals surface area contributed by atoms with Crippen LogP contribution in [0.5, 0.6) is 11.8 Å². The fourth-order valence-electron chi connectivity index (χ4n) is 2.30. The number of hydrogen-bond acceptors (Lipinski definition) is 4. The maximum absolute atomic E-state index is 5.72. The molecule has 0 radical (unpaired) electrons. The highest BCUT2D eigenvalue weighted by atomic mass is 16.5. The van der Waals surface area contributed by atoms with Crippen LogP contribution in [0.1, 0.15) is 22.3 Å². The van der Waals surface area contributed by atoms with E-state index < -0.39 is 0 Å². The van der Waals surface area contributed by atoms with E-state index >= 15 is 0 Å². The minimum absolute atomic E-state index is 0.427. The highest BCUT2D eigenvalue weighted by Gasteiger charge is 2.03. The molecule has 0 bridgehead atoms. The first-order valence-corrected chi connectivity index (χ1v) is 8.27. The van der Waals surface area contributed by atoms with Crippen molar-refractivity contribution in [2.24, 2.45) is 0 Å². The van der Waals surface area contributed by atoms with E-state index in [-0.39, 0.29) is 0 Å². The summed E-state index contributed by atoms with van der Waals surface area (Å²) in [5.74, 6) is 0.953. The Kier molecular flexibility index (Phi) is 5.78. The molecule has 0 saturated carbocycles. The predicted molar refractivity (Wildman–Crippen MR) is 104 cm³/mol. The summed E-state index contributed by atoms with van der Waals surface area (Å²) >= 11 is 0. The highest BCUT2D eigenvalue weighted by Crippen LogP contribution is 2.17. The normalized spacial score (nSPS) is 10.2. The Morgan fingerprint density at radius 1 is 0.692 bits per heavy atom. The zero-order valence-electron chi connectivity index (χ0n) is 14.5. The molecule has 0 saturated heterocycles. The number of nitrogens with zero attached hydrogens (tertiary/aromatic N) is 2. The van der Waals surface area contributed by atoms with E-state index in [9.17, 15) is 0 Å². The first-order valence-electron chi connectivity index (χ1n) is 8.27. The number of ether oxygens (including phenoxy) is 2. The quantitative estimate of drug-likeness (QED) is 0.582. The zero-order valence-corrected chi connectivity index (χ0v) is 14.5. The van der Waals surface area contributed by atoms with Crippen molar-refractivity contribution >= 4 is 12.2 Å². The van der Waals surface area contributed by atoms with Crippen LogP contribution in [-0.4, -0.2) is 9.97 Å². The standard InChI is InChI=1S/C22H20N2O2/c1-3-17-5-9-19(10-6-17)14-25-21-13-22(24-16-23-21)26-15-20-11-7-18(4-2)8-12-20/h3-13,16H,1-2,14-15H2. The molecule has 0 amide bonds. The Balaban J connectivity index is 1.56. The summed E-state index contributed by atoms with van der Waals surface area (Å²) in [6, 6.07) is 17.7. The lowest BCUT2D eigenvalue weighted by molar-refractivity contribution is 0.273. The van der Waals surface area contributed by atoms with Crippen molar-refractivity contribution < 1.29 is 9.47 Å². The molecule has 4 heteroatoms. The summed E-state index contributed by atoms with van der Waals surface area (Å²) in [5.41, 5.74) is 4.26. The molecule has 0 N–H and O–H groups in total. The van der Waals surface area contributed by atoms with Gasteiger partial charge in [-0.05, 0) is 22.3 Å². The maximum atomic E-state index is 5.72. The van der Waals surface area contributed by atoms with Gasteiger partial charge in [0.05, 0.1) is 6.07 Å². The predicted octanol–water partition coefficient (Wildman–Crippen LogP) is 4.92. The number of rotatable bonds is 8. The van der Waals surface area contributed by atoms with Gasteiger partial charge >= 0.3 is 0 Å². The lowest BCUT2D eigenvalue weighted by Crippen LogP contribution is -2.01. The van der Waals surface area contributed by atoms with Crippen LogP contribution in [0.2, 0.25) is 0 Å². The van der Waals surface area contributed by atoms with Gasteiger partial charge in [0.15, 0.2) is 0 Å². The number of benzene rings is 2. The largest absolute Gasteiger partial charge is 0.473 e. The molecule has 0 aliphatic rings. The van der Waals surface area contributed by atoms with Crippen molar-refractivity contribution in [3.05, 3.63) is 96.3 Å². The first kappa shape index (κ1) is 17.4. The molecule has 3 rings (SSSR count). The van der Waals surface area contributed by atoms with Crippen LogP contribution in [-0.2, 0) is 13.2 Å². The average molecular weight is 344 g/mol. The van der Waals surface area contributed by atoms with Gasteiger partial charge in [-0.25, -0.2) is 9.97 Å². The molecular weight excluding hydrogens is 324 g/mol. The first-order chi connectivity index (χ1) is 12.8. The van der Waals surface area contributed by atoms with E-state index in [0.717, 1.165) is 22.3 Å². The summed E-state index contributed by atoms with van der Waals surface area (Å²) in [6.07, 6.45) is 5.06. The van der Waals surface area contributed by atoms with Crippen LogP contribution in [0.3, 0.4) is 0 Å². The van der Waals surface area contributed by atoms with Crippen molar-refractivity contribution in [3.8, 4) is 11.8 Å². The van der Waals surface area contributed by atoms with Gasteiger partial charge in [-0.15, -0.1) is 0 Å². The van der Waals surface area contributed by atoms with Gasteiger partial charge < -0.3 is 9.47 Å². The molecule has 0 fully saturated rings. The maximum Gasteiger partial charge on any atom is 0.220 e. The third kappa shape index (κ3) is 4.80. The molecule has 0 atom stereocenters. The summed E-state index contributed by atoms with van der Waals surface area (Å²) in [4.78, 5) is 8.25. The minimum Gasteiger partial charge on any atom is -0.473 e. The van der Waals surface area contributed by atoms with Crippen molar-refractivity contribution in [1.29, 1.82) is 0 Å². The van der Waals surface area contributed by atoms with E-state index in [1.165, 1.54) is 6.33 Å². The van der Waals surface area contributed by atoms with Gasteiger partial charge in [-0.1, -0.05) is 73.8 Å². The molecule has 0 aliphatic heterocycles. The molecule has 0 spiro atoms. The Bertz CT molecular complexity index is 801. The van der Waals surface area contributed by atoms with Gasteiger partial charge in [0.25, 0.3) is 0 Å². The van der Waals surface area contributed by atoms with Crippen molar-refractivity contribution in [1.82, 2.24) is 9.97 Å². The summed E-state index contributed by atoms with van der Waals surface area (Å²) in [6.45, 7) is 8.35. The minimum atomic E-state index is 0.427. The van der Waals surface area contributed by atoms with Crippen molar-refractivity contribution in [3.63, 3.8) is 0 Å². The second-order valence-electron chi connectivity index (χ2n) is 5.66.